The van der Waals surface area contributed by atoms with Crippen LogP contribution in [0.15, 0.2) is 47.7 Å². The topological polar surface area (TPSA) is 3.24 Å². The smallest absolute Gasteiger partial charge is 0.338 e. The maximum Gasteiger partial charge on any atom is 0.416 e. The first kappa shape index (κ1) is 14.7. The molecule has 0 fully saturated rings. The van der Waals surface area contributed by atoms with Gasteiger partial charge in [0.15, 0.2) is 0 Å². The van der Waals surface area contributed by atoms with Gasteiger partial charge >= 0.3 is 6.18 Å². The molecule has 1 atom stereocenters. The molecular weight excluding hydrogens is 263 g/mol. The predicted molar refractivity (Wildman–Crippen MR) is 75.6 cm³/mol. The SMILES string of the molecule is CCC1C=C(C(F)(F)F)C=C(C)N1c1cccc(C)c1. The molecular formula is C16H18F3N. The van der Waals surface area contributed by atoms with Crippen LogP contribution in [0.1, 0.15) is 25.8 Å². The highest BCUT2D eigenvalue weighted by atomic mass is 19.4. The van der Waals surface area contributed by atoms with E-state index in [1.54, 1.807) is 6.92 Å². The second-order valence-electron chi connectivity index (χ2n) is 5.09. The van der Waals surface area contributed by atoms with E-state index in [1.807, 2.05) is 43.0 Å². The number of hydrogen-bond acceptors (Lipinski definition) is 1. The van der Waals surface area contributed by atoms with Gasteiger partial charge in [-0.05, 0) is 50.1 Å². The van der Waals surface area contributed by atoms with Crippen molar-refractivity contribution in [2.75, 3.05) is 4.90 Å². The van der Waals surface area contributed by atoms with Gasteiger partial charge in [-0.1, -0.05) is 19.1 Å². The van der Waals surface area contributed by atoms with Crippen molar-refractivity contribution < 1.29 is 13.2 Å². The average Bonchev–Trinajstić information content (AvgIpc) is 2.36. The summed E-state index contributed by atoms with van der Waals surface area (Å²) >= 11 is 0. The largest absolute Gasteiger partial charge is 0.416 e. The van der Waals surface area contributed by atoms with E-state index < -0.39 is 11.7 Å². The summed E-state index contributed by atoms with van der Waals surface area (Å²) in [6, 6.07) is 7.56. The standard InChI is InChI=1S/C16H18F3N/c1-4-14-10-13(16(17,18)19)9-12(3)20(14)15-7-5-6-11(2)8-15/h5-10,14H,4H2,1-3H3. The number of halogens is 3. The summed E-state index contributed by atoms with van der Waals surface area (Å²) in [6.07, 6.45) is -1.13. The molecule has 1 aromatic carbocycles. The van der Waals surface area contributed by atoms with Crippen molar-refractivity contribution in [2.45, 2.75) is 39.4 Å². The fraction of sp³-hybridized carbons (Fsp3) is 0.375. The Kier molecular flexibility index (Phi) is 3.93. The Bertz CT molecular complexity index is 555. The van der Waals surface area contributed by atoms with E-state index in [0.717, 1.165) is 11.3 Å². The lowest BCUT2D eigenvalue weighted by Gasteiger charge is -2.36. The summed E-state index contributed by atoms with van der Waals surface area (Å²) in [4.78, 5) is 1.96. The third kappa shape index (κ3) is 2.89. The number of hydrogen-bond donors (Lipinski definition) is 0. The Morgan fingerprint density at radius 1 is 1.20 bits per heavy atom. The fourth-order valence-electron chi connectivity index (χ4n) is 2.54. The third-order valence-corrected chi connectivity index (χ3v) is 3.47. The van der Waals surface area contributed by atoms with E-state index in [4.69, 9.17) is 0 Å². The van der Waals surface area contributed by atoms with Gasteiger partial charge in [0.2, 0.25) is 0 Å². The Balaban J connectivity index is 2.42. The predicted octanol–water partition coefficient (Wildman–Crippen LogP) is 4.99. The van der Waals surface area contributed by atoms with Crippen LogP contribution in [0.4, 0.5) is 18.9 Å². The van der Waals surface area contributed by atoms with Crippen LogP contribution in [-0.4, -0.2) is 12.2 Å². The molecule has 4 heteroatoms. The lowest BCUT2D eigenvalue weighted by atomic mass is 10.00. The molecule has 1 aromatic rings. The number of alkyl halides is 3. The summed E-state index contributed by atoms with van der Waals surface area (Å²) in [7, 11) is 0. The highest BCUT2D eigenvalue weighted by Gasteiger charge is 2.36. The second kappa shape index (κ2) is 5.35. The summed E-state index contributed by atoms with van der Waals surface area (Å²) in [6.45, 7) is 5.60. The van der Waals surface area contributed by atoms with Crippen molar-refractivity contribution in [1.82, 2.24) is 0 Å². The van der Waals surface area contributed by atoms with Gasteiger partial charge in [0.25, 0.3) is 0 Å². The summed E-state index contributed by atoms with van der Waals surface area (Å²) in [5.41, 5.74) is 2.10. The van der Waals surface area contributed by atoms with Crippen LogP contribution in [0.3, 0.4) is 0 Å². The molecule has 1 aliphatic heterocycles. The molecule has 0 amide bonds. The Morgan fingerprint density at radius 3 is 2.45 bits per heavy atom. The minimum absolute atomic E-state index is 0.265. The monoisotopic (exact) mass is 281 g/mol. The van der Waals surface area contributed by atoms with Gasteiger partial charge in [-0.15, -0.1) is 0 Å². The van der Waals surface area contributed by atoms with Gasteiger partial charge in [0.05, 0.1) is 11.6 Å². The lowest BCUT2D eigenvalue weighted by molar-refractivity contribution is -0.0888. The van der Waals surface area contributed by atoms with E-state index in [9.17, 15) is 13.2 Å². The number of nitrogens with zero attached hydrogens (tertiary/aromatic N) is 1. The van der Waals surface area contributed by atoms with Gasteiger partial charge in [-0.3, -0.25) is 0 Å². The molecule has 0 radical (unpaired) electrons. The highest BCUT2D eigenvalue weighted by molar-refractivity contribution is 5.58. The molecule has 1 heterocycles. The molecule has 0 spiro atoms. The molecule has 1 nitrogen and oxygen atoms in total. The summed E-state index contributed by atoms with van der Waals surface area (Å²) in [5.74, 6) is 0. The van der Waals surface area contributed by atoms with Crippen LogP contribution in [-0.2, 0) is 0 Å². The van der Waals surface area contributed by atoms with Crippen LogP contribution < -0.4 is 4.90 Å². The Labute approximate surface area is 117 Å². The number of benzene rings is 1. The van der Waals surface area contributed by atoms with Gasteiger partial charge < -0.3 is 4.90 Å². The highest BCUT2D eigenvalue weighted by Crippen LogP contribution is 2.35. The Morgan fingerprint density at radius 2 is 1.90 bits per heavy atom. The van der Waals surface area contributed by atoms with Crippen molar-refractivity contribution >= 4 is 5.69 Å². The van der Waals surface area contributed by atoms with Crippen molar-refractivity contribution in [3.8, 4) is 0 Å². The minimum atomic E-state index is -4.28. The lowest BCUT2D eigenvalue weighted by Crippen LogP contribution is -2.36. The summed E-state index contributed by atoms with van der Waals surface area (Å²) in [5, 5.41) is 0. The first-order chi connectivity index (χ1) is 9.32. The van der Waals surface area contributed by atoms with Crippen LogP contribution in [0.25, 0.3) is 0 Å². The third-order valence-electron chi connectivity index (χ3n) is 3.47. The average molecular weight is 281 g/mol. The molecule has 1 unspecified atom stereocenters. The number of aryl methyl sites for hydroxylation is 1. The zero-order valence-corrected chi connectivity index (χ0v) is 11.8. The molecule has 0 aliphatic carbocycles. The van der Waals surface area contributed by atoms with Gasteiger partial charge in [0, 0.05) is 11.4 Å². The first-order valence-electron chi connectivity index (χ1n) is 6.66. The van der Waals surface area contributed by atoms with Crippen LogP contribution in [0.5, 0.6) is 0 Å². The molecule has 20 heavy (non-hydrogen) atoms. The molecule has 0 saturated heterocycles. The van der Waals surface area contributed by atoms with E-state index in [2.05, 4.69) is 0 Å². The van der Waals surface area contributed by atoms with E-state index in [1.165, 1.54) is 12.2 Å². The molecule has 108 valence electrons. The van der Waals surface area contributed by atoms with Crippen molar-refractivity contribution in [3.05, 3.63) is 53.3 Å². The van der Waals surface area contributed by atoms with Gasteiger partial charge in [-0.25, -0.2) is 0 Å². The van der Waals surface area contributed by atoms with E-state index >= 15 is 0 Å². The molecule has 0 aromatic heterocycles. The number of anilines is 1. The van der Waals surface area contributed by atoms with Crippen LogP contribution in [0, 0.1) is 6.92 Å². The van der Waals surface area contributed by atoms with Crippen molar-refractivity contribution in [1.29, 1.82) is 0 Å². The van der Waals surface area contributed by atoms with E-state index in [0.29, 0.717) is 12.1 Å². The maximum absolute atomic E-state index is 12.9. The molecule has 2 rings (SSSR count). The van der Waals surface area contributed by atoms with Gasteiger partial charge in [-0.2, -0.15) is 13.2 Å². The quantitative estimate of drug-likeness (QED) is 0.738. The molecule has 0 saturated carbocycles. The van der Waals surface area contributed by atoms with E-state index in [-0.39, 0.29) is 6.04 Å². The maximum atomic E-state index is 12.9. The minimum Gasteiger partial charge on any atom is -0.338 e. The zero-order chi connectivity index (χ0) is 14.9. The van der Waals surface area contributed by atoms with Crippen molar-refractivity contribution in [2.24, 2.45) is 0 Å². The van der Waals surface area contributed by atoms with Crippen LogP contribution in [0.2, 0.25) is 0 Å². The van der Waals surface area contributed by atoms with Gasteiger partial charge in [0.1, 0.15) is 0 Å². The number of allylic oxidation sites excluding steroid dienone is 3. The molecule has 0 N–H and O–H groups in total. The number of rotatable bonds is 2. The fourth-order valence-corrected chi connectivity index (χ4v) is 2.54. The Hall–Kier alpha value is -1.71. The normalized spacial score (nSPS) is 19.7. The first-order valence-corrected chi connectivity index (χ1v) is 6.66. The molecule has 0 bridgehead atoms. The van der Waals surface area contributed by atoms with Crippen LogP contribution >= 0.6 is 0 Å². The summed E-state index contributed by atoms with van der Waals surface area (Å²) < 4.78 is 38.7. The second-order valence-corrected chi connectivity index (χ2v) is 5.09. The zero-order valence-electron chi connectivity index (χ0n) is 11.8. The molecule has 1 aliphatic rings. The van der Waals surface area contributed by atoms with Crippen molar-refractivity contribution in [3.63, 3.8) is 0 Å².